The fraction of sp³-hybridized carbons (Fsp3) is 0.375. The second kappa shape index (κ2) is 4.32. The summed E-state index contributed by atoms with van der Waals surface area (Å²) in [5, 5.41) is -0.0394. The van der Waals surface area contributed by atoms with E-state index in [-0.39, 0.29) is 17.0 Å². The Bertz CT molecular complexity index is 461. The SMILES string of the molecule is CC(C)Oc1ncc(S(=O)(=O)F)cc1Cl. The fourth-order valence-corrected chi connectivity index (χ4v) is 1.56. The third-order valence-electron chi connectivity index (χ3n) is 1.41. The van der Waals surface area contributed by atoms with Crippen molar-refractivity contribution in [2.45, 2.75) is 24.8 Å². The molecule has 84 valence electrons. The summed E-state index contributed by atoms with van der Waals surface area (Å²) in [5.74, 6) is 0.0825. The molecule has 0 spiro atoms. The zero-order valence-corrected chi connectivity index (χ0v) is 9.64. The standard InChI is InChI=1S/C8H9ClFNO3S/c1-5(2)14-8-7(9)3-6(4-11-8)15(10,12)13/h3-5H,1-2H3. The van der Waals surface area contributed by atoms with Crippen LogP contribution in [0.2, 0.25) is 5.02 Å². The molecule has 0 aliphatic heterocycles. The molecule has 0 amide bonds. The summed E-state index contributed by atoms with van der Waals surface area (Å²) in [5.41, 5.74) is 0. The van der Waals surface area contributed by atoms with Crippen molar-refractivity contribution in [3.63, 3.8) is 0 Å². The molecule has 0 unspecified atom stereocenters. The molecule has 0 saturated heterocycles. The molecule has 0 aliphatic carbocycles. The highest BCUT2D eigenvalue weighted by Gasteiger charge is 2.15. The number of rotatable bonds is 3. The minimum atomic E-state index is -4.77. The summed E-state index contributed by atoms with van der Waals surface area (Å²) < 4.78 is 38.7. The van der Waals surface area contributed by atoms with Crippen LogP contribution in [0.15, 0.2) is 17.2 Å². The average molecular weight is 254 g/mol. The summed E-state index contributed by atoms with van der Waals surface area (Å²) in [7, 11) is -4.77. The molecule has 1 aromatic rings. The highest BCUT2D eigenvalue weighted by atomic mass is 35.5. The summed E-state index contributed by atoms with van der Waals surface area (Å²) >= 11 is 5.66. The Balaban J connectivity index is 3.09. The number of aromatic nitrogens is 1. The number of hydrogen-bond acceptors (Lipinski definition) is 4. The zero-order chi connectivity index (χ0) is 11.6. The Morgan fingerprint density at radius 1 is 1.53 bits per heavy atom. The number of ether oxygens (including phenoxy) is 1. The van der Waals surface area contributed by atoms with Crippen LogP contribution in [0.3, 0.4) is 0 Å². The van der Waals surface area contributed by atoms with Gasteiger partial charge in [0.1, 0.15) is 9.92 Å². The number of hydrogen-bond donors (Lipinski definition) is 0. The monoisotopic (exact) mass is 253 g/mol. The maximum absolute atomic E-state index is 12.5. The third-order valence-corrected chi connectivity index (χ3v) is 2.47. The molecule has 0 radical (unpaired) electrons. The summed E-state index contributed by atoms with van der Waals surface area (Å²) in [6, 6.07) is 0.960. The van der Waals surface area contributed by atoms with E-state index in [9.17, 15) is 12.3 Å². The van der Waals surface area contributed by atoms with Gasteiger partial charge in [0.25, 0.3) is 0 Å². The molecule has 1 aromatic heterocycles. The first kappa shape index (κ1) is 12.2. The Kier molecular flexibility index (Phi) is 3.51. The van der Waals surface area contributed by atoms with Crippen molar-refractivity contribution in [2.75, 3.05) is 0 Å². The number of nitrogens with zero attached hydrogens (tertiary/aromatic N) is 1. The van der Waals surface area contributed by atoms with E-state index in [2.05, 4.69) is 4.98 Å². The van der Waals surface area contributed by atoms with Gasteiger partial charge >= 0.3 is 10.2 Å². The predicted octanol–water partition coefficient (Wildman–Crippen LogP) is 2.18. The van der Waals surface area contributed by atoms with Crippen LogP contribution in [-0.2, 0) is 10.2 Å². The Hall–Kier alpha value is -0.880. The smallest absolute Gasteiger partial charge is 0.333 e. The van der Waals surface area contributed by atoms with Crippen molar-refractivity contribution in [1.29, 1.82) is 0 Å². The van der Waals surface area contributed by atoms with Gasteiger partial charge in [-0.25, -0.2) is 4.98 Å². The molecule has 0 bridgehead atoms. The van der Waals surface area contributed by atoms with Gasteiger partial charge in [0.15, 0.2) is 0 Å². The number of halogens is 2. The molecule has 1 rings (SSSR count). The highest BCUT2D eigenvalue weighted by Crippen LogP contribution is 2.25. The molecule has 1 heterocycles. The first-order valence-corrected chi connectivity index (χ1v) is 5.83. The van der Waals surface area contributed by atoms with Crippen LogP contribution in [0.25, 0.3) is 0 Å². The maximum atomic E-state index is 12.5. The van der Waals surface area contributed by atoms with Crippen molar-refractivity contribution < 1.29 is 17.0 Å². The lowest BCUT2D eigenvalue weighted by atomic mass is 10.4. The Labute approximate surface area is 92.2 Å². The van der Waals surface area contributed by atoms with Crippen LogP contribution in [0, 0.1) is 0 Å². The summed E-state index contributed by atoms with van der Waals surface area (Å²) in [6.45, 7) is 3.52. The Morgan fingerprint density at radius 3 is 2.53 bits per heavy atom. The van der Waals surface area contributed by atoms with Crippen molar-refractivity contribution in [2.24, 2.45) is 0 Å². The van der Waals surface area contributed by atoms with E-state index in [1.54, 1.807) is 13.8 Å². The van der Waals surface area contributed by atoms with E-state index in [1.807, 2.05) is 0 Å². The van der Waals surface area contributed by atoms with Gasteiger partial charge in [0.05, 0.1) is 12.3 Å². The van der Waals surface area contributed by atoms with Crippen LogP contribution in [0.4, 0.5) is 3.89 Å². The van der Waals surface area contributed by atoms with Gasteiger partial charge in [-0.2, -0.15) is 8.42 Å². The minimum absolute atomic E-state index is 0.0394. The van der Waals surface area contributed by atoms with Crippen molar-refractivity contribution in [1.82, 2.24) is 4.98 Å². The zero-order valence-electron chi connectivity index (χ0n) is 8.07. The van der Waals surface area contributed by atoms with Gasteiger partial charge in [0, 0.05) is 0 Å². The van der Waals surface area contributed by atoms with Crippen LogP contribution in [-0.4, -0.2) is 19.5 Å². The second-order valence-corrected chi connectivity index (χ2v) is 4.82. The summed E-state index contributed by atoms with van der Waals surface area (Å²) in [6.07, 6.45) is 0.710. The van der Waals surface area contributed by atoms with Gasteiger partial charge in [-0.3, -0.25) is 0 Å². The topological polar surface area (TPSA) is 56.3 Å². The Morgan fingerprint density at radius 2 is 2.13 bits per heavy atom. The van der Waals surface area contributed by atoms with Crippen molar-refractivity contribution in [3.8, 4) is 5.88 Å². The van der Waals surface area contributed by atoms with Gasteiger partial charge in [-0.15, -0.1) is 3.89 Å². The molecule has 0 aliphatic rings. The quantitative estimate of drug-likeness (QED) is 0.775. The van der Waals surface area contributed by atoms with Gasteiger partial charge in [0.2, 0.25) is 5.88 Å². The minimum Gasteiger partial charge on any atom is -0.474 e. The van der Waals surface area contributed by atoms with Gasteiger partial charge in [-0.1, -0.05) is 11.6 Å². The molecule has 0 aromatic carbocycles. The molecule has 0 fully saturated rings. The third kappa shape index (κ3) is 3.32. The molecule has 0 saturated carbocycles. The van der Waals surface area contributed by atoms with Crippen molar-refractivity contribution >= 4 is 21.8 Å². The van der Waals surface area contributed by atoms with Crippen LogP contribution < -0.4 is 4.74 Å². The van der Waals surface area contributed by atoms with Gasteiger partial charge in [-0.05, 0) is 19.9 Å². The van der Waals surface area contributed by atoms with Crippen LogP contribution in [0.5, 0.6) is 5.88 Å². The largest absolute Gasteiger partial charge is 0.474 e. The maximum Gasteiger partial charge on any atom is 0.333 e. The molecule has 0 atom stereocenters. The fourth-order valence-electron chi connectivity index (χ4n) is 0.851. The second-order valence-electron chi connectivity index (χ2n) is 3.06. The lowest BCUT2D eigenvalue weighted by Crippen LogP contribution is -2.07. The summed E-state index contributed by atoms with van der Waals surface area (Å²) in [4.78, 5) is 3.03. The first-order chi connectivity index (χ1) is 6.80. The molecule has 4 nitrogen and oxygen atoms in total. The van der Waals surface area contributed by atoms with Crippen LogP contribution >= 0.6 is 11.6 Å². The highest BCUT2D eigenvalue weighted by molar-refractivity contribution is 7.86. The predicted molar refractivity (Wildman–Crippen MR) is 53.3 cm³/mol. The van der Waals surface area contributed by atoms with E-state index in [4.69, 9.17) is 16.3 Å². The van der Waals surface area contributed by atoms with E-state index in [0.29, 0.717) is 0 Å². The normalized spacial score (nSPS) is 11.8. The molecule has 0 N–H and O–H groups in total. The average Bonchev–Trinajstić information content (AvgIpc) is 2.05. The van der Waals surface area contributed by atoms with E-state index in [1.165, 1.54) is 0 Å². The van der Waals surface area contributed by atoms with E-state index in [0.717, 1.165) is 12.3 Å². The lowest BCUT2D eigenvalue weighted by molar-refractivity contribution is 0.232. The lowest BCUT2D eigenvalue weighted by Gasteiger charge is -2.09. The van der Waals surface area contributed by atoms with E-state index >= 15 is 0 Å². The first-order valence-electron chi connectivity index (χ1n) is 4.07. The van der Waals surface area contributed by atoms with E-state index < -0.39 is 15.1 Å². The molecular formula is C8H9ClFNO3S. The van der Waals surface area contributed by atoms with Crippen molar-refractivity contribution in [3.05, 3.63) is 17.3 Å². The van der Waals surface area contributed by atoms with Crippen LogP contribution in [0.1, 0.15) is 13.8 Å². The molecule has 15 heavy (non-hydrogen) atoms. The van der Waals surface area contributed by atoms with Gasteiger partial charge < -0.3 is 4.74 Å². The number of pyridine rings is 1. The molecule has 7 heteroatoms. The molecular weight excluding hydrogens is 245 g/mol.